The van der Waals surface area contributed by atoms with Crippen LogP contribution in [0.5, 0.6) is 17.2 Å². The number of fused-ring (bicyclic) bond motifs is 3. The molecule has 4 rings (SSSR count). The van der Waals surface area contributed by atoms with E-state index in [2.05, 4.69) is 4.74 Å². The summed E-state index contributed by atoms with van der Waals surface area (Å²) < 4.78 is 134. The standard InChI is InChI=1S/C25H18F8O3/c1-3-34-14-7-5-13(6-8-14)25(32,33)36-18-12-10-16-15-9-11-17(35-4-2)21(26)19(15)23(28,29)24(30,31)20(16)22(18)27/h5-12H,3-4H2,1-2H3. The molecule has 0 N–H and O–H groups in total. The Morgan fingerprint density at radius 2 is 1.14 bits per heavy atom. The normalized spacial score (nSPS) is 15.6. The number of hydrogen-bond acceptors (Lipinski definition) is 3. The second kappa shape index (κ2) is 8.86. The molecule has 0 fully saturated rings. The summed E-state index contributed by atoms with van der Waals surface area (Å²) in [4.78, 5) is 0. The predicted molar refractivity (Wildman–Crippen MR) is 113 cm³/mol. The molecule has 0 aromatic heterocycles. The second-order valence-corrected chi connectivity index (χ2v) is 7.76. The van der Waals surface area contributed by atoms with Crippen LogP contribution in [0.3, 0.4) is 0 Å². The van der Waals surface area contributed by atoms with E-state index >= 15 is 13.2 Å². The molecule has 0 unspecified atom stereocenters. The average molecular weight is 518 g/mol. The van der Waals surface area contributed by atoms with E-state index in [9.17, 15) is 22.0 Å². The van der Waals surface area contributed by atoms with Crippen molar-refractivity contribution in [3.63, 3.8) is 0 Å². The highest BCUT2D eigenvalue weighted by atomic mass is 19.3. The molecule has 0 atom stereocenters. The molecule has 0 radical (unpaired) electrons. The van der Waals surface area contributed by atoms with Crippen molar-refractivity contribution in [2.45, 2.75) is 31.8 Å². The molecule has 0 aliphatic heterocycles. The maximum absolute atomic E-state index is 15.2. The minimum atomic E-state index is -5.31. The Bertz CT molecular complexity index is 1290. The first-order chi connectivity index (χ1) is 16.9. The Kier molecular flexibility index (Phi) is 6.30. The first-order valence-corrected chi connectivity index (χ1v) is 10.7. The van der Waals surface area contributed by atoms with Crippen molar-refractivity contribution in [3.8, 4) is 28.4 Å². The molecule has 0 heterocycles. The lowest BCUT2D eigenvalue weighted by Gasteiger charge is -2.35. The average Bonchev–Trinajstić information content (AvgIpc) is 2.81. The molecule has 11 heteroatoms. The fourth-order valence-corrected chi connectivity index (χ4v) is 3.95. The molecule has 3 aromatic rings. The zero-order valence-electron chi connectivity index (χ0n) is 18.8. The van der Waals surface area contributed by atoms with Gasteiger partial charge < -0.3 is 14.2 Å². The predicted octanol–water partition coefficient (Wildman–Crippen LogP) is 7.75. The van der Waals surface area contributed by atoms with Gasteiger partial charge in [0.15, 0.2) is 23.1 Å². The Balaban J connectivity index is 1.82. The van der Waals surface area contributed by atoms with Crippen LogP contribution in [-0.2, 0) is 18.0 Å². The second-order valence-electron chi connectivity index (χ2n) is 7.76. The molecule has 0 amide bonds. The van der Waals surface area contributed by atoms with Gasteiger partial charge >= 0.3 is 18.0 Å². The molecule has 36 heavy (non-hydrogen) atoms. The first-order valence-electron chi connectivity index (χ1n) is 10.7. The minimum absolute atomic E-state index is 0.133. The quantitative estimate of drug-likeness (QED) is 0.299. The summed E-state index contributed by atoms with van der Waals surface area (Å²) in [7, 11) is 0. The van der Waals surface area contributed by atoms with Gasteiger partial charge in [-0.25, -0.2) is 8.78 Å². The number of ether oxygens (including phenoxy) is 3. The fraction of sp³-hybridized carbons (Fsp3) is 0.280. The highest BCUT2D eigenvalue weighted by Crippen LogP contribution is 2.60. The first kappa shape index (κ1) is 25.6. The van der Waals surface area contributed by atoms with Crippen LogP contribution in [0.15, 0.2) is 48.5 Å². The van der Waals surface area contributed by atoms with Crippen LogP contribution in [0.1, 0.15) is 30.5 Å². The van der Waals surface area contributed by atoms with E-state index in [0.717, 1.165) is 24.3 Å². The summed E-state index contributed by atoms with van der Waals surface area (Å²) >= 11 is 0. The van der Waals surface area contributed by atoms with Crippen molar-refractivity contribution >= 4 is 0 Å². The number of rotatable bonds is 7. The zero-order chi connectivity index (χ0) is 26.5. The molecule has 0 saturated heterocycles. The van der Waals surface area contributed by atoms with Crippen molar-refractivity contribution in [3.05, 3.63) is 76.9 Å². The van der Waals surface area contributed by atoms with E-state index in [1.165, 1.54) is 19.1 Å². The van der Waals surface area contributed by atoms with Crippen LogP contribution in [0, 0.1) is 11.6 Å². The van der Waals surface area contributed by atoms with E-state index in [1.54, 1.807) is 6.92 Å². The Morgan fingerprint density at radius 3 is 1.64 bits per heavy atom. The van der Waals surface area contributed by atoms with Crippen LogP contribution < -0.4 is 14.2 Å². The van der Waals surface area contributed by atoms with Crippen LogP contribution in [0.25, 0.3) is 11.1 Å². The summed E-state index contributed by atoms with van der Waals surface area (Å²) in [6.45, 7) is 3.24. The Hall–Kier alpha value is -3.50. The molecule has 0 bridgehead atoms. The van der Waals surface area contributed by atoms with Gasteiger partial charge in [-0.15, -0.1) is 0 Å². The van der Waals surface area contributed by atoms with Gasteiger partial charge in [-0.05, 0) is 73.5 Å². The Morgan fingerprint density at radius 1 is 0.667 bits per heavy atom. The molecule has 1 aliphatic rings. The van der Waals surface area contributed by atoms with E-state index in [4.69, 9.17) is 9.47 Å². The SMILES string of the molecule is CCOc1ccc(C(F)(F)Oc2ccc3c(c2F)C(F)(F)C(F)(F)c2c-3ccc(OCC)c2F)cc1. The highest BCUT2D eigenvalue weighted by molar-refractivity contribution is 5.78. The van der Waals surface area contributed by atoms with Crippen molar-refractivity contribution in [2.24, 2.45) is 0 Å². The van der Waals surface area contributed by atoms with Crippen molar-refractivity contribution in [1.82, 2.24) is 0 Å². The van der Waals surface area contributed by atoms with Crippen molar-refractivity contribution < 1.29 is 49.3 Å². The van der Waals surface area contributed by atoms with Crippen LogP contribution in [0.4, 0.5) is 35.1 Å². The van der Waals surface area contributed by atoms with Gasteiger partial charge in [0.05, 0.1) is 29.9 Å². The van der Waals surface area contributed by atoms with Gasteiger partial charge in [-0.3, -0.25) is 0 Å². The molecular weight excluding hydrogens is 500 g/mol. The van der Waals surface area contributed by atoms with Crippen LogP contribution >= 0.6 is 0 Å². The van der Waals surface area contributed by atoms with Gasteiger partial charge in [0, 0.05) is 0 Å². The van der Waals surface area contributed by atoms with E-state index in [-0.39, 0.29) is 19.0 Å². The number of alkyl halides is 6. The van der Waals surface area contributed by atoms with Gasteiger partial charge in [-0.1, -0.05) is 0 Å². The van der Waals surface area contributed by atoms with Crippen molar-refractivity contribution in [2.75, 3.05) is 13.2 Å². The largest absolute Gasteiger partial charge is 0.494 e. The topological polar surface area (TPSA) is 27.7 Å². The van der Waals surface area contributed by atoms with E-state index in [1.807, 2.05) is 0 Å². The molecule has 0 spiro atoms. The molecule has 3 nitrogen and oxygen atoms in total. The monoisotopic (exact) mass is 518 g/mol. The lowest BCUT2D eigenvalue weighted by molar-refractivity contribution is -0.228. The molecule has 1 aliphatic carbocycles. The lowest BCUT2D eigenvalue weighted by atomic mass is 9.79. The maximum atomic E-state index is 15.2. The molecular formula is C25H18F8O3. The third-order valence-electron chi connectivity index (χ3n) is 5.56. The van der Waals surface area contributed by atoms with Gasteiger partial charge in [0.25, 0.3) is 0 Å². The summed E-state index contributed by atoms with van der Waals surface area (Å²) in [6, 6.07) is 7.31. The van der Waals surface area contributed by atoms with Gasteiger partial charge in [0.2, 0.25) is 0 Å². The number of benzene rings is 3. The molecule has 192 valence electrons. The third kappa shape index (κ3) is 3.90. The summed E-state index contributed by atoms with van der Waals surface area (Å²) in [5, 5.41) is 0. The van der Waals surface area contributed by atoms with Crippen LogP contribution in [0.2, 0.25) is 0 Å². The highest BCUT2D eigenvalue weighted by Gasteiger charge is 2.65. The summed E-state index contributed by atoms with van der Waals surface area (Å²) in [6.07, 6.45) is -4.22. The zero-order valence-corrected chi connectivity index (χ0v) is 18.8. The van der Waals surface area contributed by atoms with E-state index < -0.39 is 68.9 Å². The van der Waals surface area contributed by atoms with Crippen LogP contribution in [-0.4, -0.2) is 13.2 Å². The summed E-state index contributed by atoms with van der Waals surface area (Å²) in [5.74, 6) is -16.2. The minimum Gasteiger partial charge on any atom is -0.494 e. The molecule has 0 saturated carbocycles. The van der Waals surface area contributed by atoms with Gasteiger partial charge in [-0.2, -0.15) is 26.3 Å². The third-order valence-corrected chi connectivity index (χ3v) is 5.56. The molecule has 3 aromatic carbocycles. The number of halogens is 8. The number of hydrogen-bond donors (Lipinski definition) is 0. The smallest absolute Gasteiger partial charge is 0.426 e. The van der Waals surface area contributed by atoms with Gasteiger partial charge in [0.1, 0.15) is 5.75 Å². The summed E-state index contributed by atoms with van der Waals surface area (Å²) in [5.41, 5.74) is -5.86. The van der Waals surface area contributed by atoms with Crippen molar-refractivity contribution in [1.29, 1.82) is 0 Å². The lowest BCUT2D eigenvalue weighted by Crippen LogP contribution is -2.41. The van der Waals surface area contributed by atoms with E-state index in [0.29, 0.717) is 12.1 Å². The maximum Gasteiger partial charge on any atom is 0.426 e. The fourth-order valence-electron chi connectivity index (χ4n) is 3.95. The Labute approximate surface area is 200 Å².